The molecule has 2 fully saturated rings. The van der Waals surface area contributed by atoms with Gasteiger partial charge in [-0.25, -0.2) is 0 Å². The number of hydrogen-bond donors (Lipinski definition) is 1. The highest BCUT2D eigenvalue weighted by atomic mass is 16.2. The van der Waals surface area contributed by atoms with Crippen LogP contribution in [0.25, 0.3) is 10.9 Å². The number of imide groups is 1. The zero-order chi connectivity index (χ0) is 20.7. The Kier molecular flexibility index (Phi) is 4.80. The largest absolute Gasteiger partial charge is 0.324 e. The molecule has 2 aliphatic carbocycles. The molecule has 156 valence electrons. The first-order chi connectivity index (χ1) is 14.5. The van der Waals surface area contributed by atoms with Crippen LogP contribution >= 0.6 is 0 Å². The number of aromatic nitrogens is 1. The molecule has 0 unspecified atom stereocenters. The Morgan fingerprint density at radius 3 is 2.47 bits per heavy atom. The van der Waals surface area contributed by atoms with Gasteiger partial charge in [0.05, 0.1) is 11.2 Å². The number of para-hydroxylation sites is 1. The fraction of sp³-hybridized carbons (Fsp3) is 0.500. The lowest BCUT2D eigenvalue weighted by molar-refractivity contribution is -0.155. The molecule has 1 aliphatic heterocycles. The number of rotatable bonds is 3. The summed E-state index contributed by atoms with van der Waals surface area (Å²) in [6.45, 7) is -0.209. The highest BCUT2D eigenvalue weighted by Gasteiger charge is 2.45. The van der Waals surface area contributed by atoms with Crippen LogP contribution in [0.4, 0.5) is 5.69 Å². The first-order valence-electron chi connectivity index (χ1n) is 11.1. The molecule has 6 nitrogen and oxygen atoms in total. The standard InChI is InChI=1S/C24H27N3O3/c28-20(15-27-21(29)13-24(14-22(27)30)11-5-6-12-24)26-23-16-7-1-3-9-18(16)25-19-10-4-2-8-17(19)23/h1,3,7,9H,2,4-6,8,10-15H2,(H,25,26,28). The number of aryl methyl sites for hydroxylation is 1. The second kappa shape index (κ2) is 7.49. The number of piperidine rings is 1. The summed E-state index contributed by atoms with van der Waals surface area (Å²) in [5.74, 6) is -0.724. The maximum atomic E-state index is 12.9. The number of pyridine rings is 1. The lowest BCUT2D eigenvalue weighted by Gasteiger charge is -2.37. The van der Waals surface area contributed by atoms with Crippen LogP contribution in [0.5, 0.6) is 0 Å². The van der Waals surface area contributed by atoms with Crippen LogP contribution in [-0.4, -0.2) is 34.2 Å². The van der Waals surface area contributed by atoms with Gasteiger partial charge in [-0.15, -0.1) is 0 Å². The monoisotopic (exact) mass is 405 g/mol. The maximum Gasteiger partial charge on any atom is 0.244 e. The van der Waals surface area contributed by atoms with Crippen molar-refractivity contribution in [2.24, 2.45) is 5.41 Å². The van der Waals surface area contributed by atoms with E-state index in [1.165, 1.54) is 0 Å². The number of likely N-dealkylation sites (tertiary alicyclic amines) is 1. The Morgan fingerprint density at radius 1 is 1.00 bits per heavy atom. The van der Waals surface area contributed by atoms with Crippen LogP contribution in [0.2, 0.25) is 0 Å². The number of nitrogens with one attached hydrogen (secondary N) is 1. The highest BCUT2D eigenvalue weighted by Crippen LogP contribution is 2.46. The number of anilines is 1. The Balaban J connectivity index is 1.38. The Morgan fingerprint density at radius 2 is 1.70 bits per heavy atom. The van der Waals surface area contributed by atoms with Gasteiger partial charge in [-0.2, -0.15) is 0 Å². The Bertz CT molecular complexity index is 1020. The van der Waals surface area contributed by atoms with Gasteiger partial charge in [0.25, 0.3) is 0 Å². The molecule has 2 heterocycles. The molecule has 0 atom stereocenters. The molecular formula is C24H27N3O3. The fourth-order valence-electron chi connectivity index (χ4n) is 5.53. The first-order valence-corrected chi connectivity index (χ1v) is 11.1. The summed E-state index contributed by atoms with van der Waals surface area (Å²) < 4.78 is 0. The van der Waals surface area contributed by atoms with Crippen LogP contribution in [0.1, 0.15) is 62.6 Å². The third-order valence-electron chi connectivity index (χ3n) is 7.05. The minimum absolute atomic E-state index is 0.151. The fourth-order valence-corrected chi connectivity index (χ4v) is 5.53. The lowest BCUT2D eigenvalue weighted by atomic mass is 9.76. The predicted molar refractivity (Wildman–Crippen MR) is 114 cm³/mol. The van der Waals surface area contributed by atoms with Crippen molar-refractivity contribution < 1.29 is 14.4 Å². The quantitative estimate of drug-likeness (QED) is 0.789. The predicted octanol–water partition coefficient (Wildman–Crippen LogP) is 3.76. The van der Waals surface area contributed by atoms with E-state index in [0.29, 0.717) is 12.8 Å². The summed E-state index contributed by atoms with van der Waals surface area (Å²) in [6, 6.07) is 7.81. The van der Waals surface area contributed by atoms with E-state index in [4.69, 9.17) is 4.98 Å². The van der Waals surface area contributed by atoms with Gasteiger partial charge in [-0.05, 0) is 55.6 Å². The average Bonchev–Trinajstić information content (AvgIpc) is 3.18. The molecule has 1 spiro atoms. The van der Waals surface area contributed by atoms with Crippen LogP contribution < -0.4 is 5.32 Å². The third kappa shape index (κ3) is 3.38. The topological polar surface area (TPSA) is 79.4 Å². The molecular weight excluding hydrogens is 378 g/mol. The van der Waals surface area contributed by atoms with E-state index in [-0.39, 0.29) is 29.7 Å². The van der Waals surface area contributed by atoms with Gasteiger partial charge in [-0.3, -0.25) is 24.3 Å². The van der Waals surface area contributed by atoms with E-state index >= 15 is 0 Å². The number of benzene rings is 1. The van der Waals surface area contributed by atoms with E-state index in [2.05, 4.69) is 5.32 Å². The molecule has 1 saturated heterocycles. The van der Waals surface area contributed by atoms with Gasteiger partial charge in [0.2, 0.25) is 17.7 Å². The number of carbonyl (C=O) groups is 3. The summed E-state index contributed by atoms with van der Waals surface area (Å²) in [4.78, 5) is 44.3. The van der Waals surface area contributed by atoms with Crippen molar-refractivity contribution in [1.82, 2.24) is 9.88 Å². The molecule has 3 amide bonds. The van der Waals surface area contributed by atoms with Crippen molar-refractivity contribution in [3.05, 3.63) is 35.5 Å². The molecule has 1 aromatic carbocycles. The van der Waals surface area contributed by atoms with Gasteiger partial charge < -0.3 is 5.32 Å². The summed E-state index contributed by atoms with van der Waals surface area (Å²) in [5.41, 5.74) is 3.64. The van der Waals surface area contributed by atoms with Crippen LogP contribution in [0, 0.1) is 5.41 Å². The van der Waals surface area contributed by atoms with Crippen molar-refractivity contribution in [1.29, 1.82) is 0 Å². The molecule has 1 N–H and O–H groups in total. The number of carbonyl (C=O) groups excluding carboxylic acids is 3. The molecule has 30 heavy (non-hydrogen) atoms. The Labute approximate surface area is 176 Å². The number of fused-ring (bicyclic) bond motifs is 2. The SMILES string of the molecule is O=C(CN1C(=O)CC2(CCCC2)CC1=O)Nc1c2c(nc3ccccc13)CCCC2. The van der Waals surface area contributed by atoms with E-state index in [9.17, 15) is 14.4 Å². The van der Waals surface area contributed by atoms with E-state index < -0.39 is 0 Å². The third-order valence-corrected chi connectivity index (χ3v) is 7.05. The molecule has 5 rings (SSSR count). The maximum absolute atomic E-state index is 12.9. The lowest BCUT2D eigenvalue weighted by Crippen LogP contribution is -2.49. The summed E-state index contributed by atoms with van der Waals surface area (Å²) in [7, 11) is 0. The smallest absolute Gasteiger partial charge is 0.244 e. The minimum atomic E-state index is -0.316. The second-order valence-electron chi connectivity index (χ2n) is 9.12. The highest BCUT2D eigenvalue weighted by molar-refractivity contribution is 6.07. The molecule has 1 aromatic heterocycles. The van der Waals surface area contributed by atoms with Gasteiger partial charge in [-0.1, -0.05) is 31.0 Å². The van der Waals surface area contributed by atoms with Gasteiger partial charge in [0.15, 0.2) is 0 Å². The molecule has 6 heteroatoms. The van der Waals surface area contributed by atoms with Gasteiger partial charge >= 0.3 is 0 Å². The van der Waals surface area contributed by atoms with Crippen molar-refractivity contribution in [3.63, 3.8) is 0 Å². The summed E-state index contributed by atoms with van der Waals surface area (Å²) >= 11 is 0. The van der Waals surface area contributed by atoms with E-state index in [1.807, 2.05) is 24.3 Å². The first kappa shape index (κ1) is 19.2. The summed E-state index contributed by atoms with van der Waals surface area (Å²) in [6.07, 6.45) is 8.80. The van der Waals surface area contributed by atoms with Gasteiger partial charge in [0, 0.05) is 23.9 Å². The zero-order valence-corrected chi connectivity index (χ0v) is 17.2. The van der Waals surface area contributed by atoms with Crippen molar-refractivity contribution in [2.75, 3.05) is 11.9 Å². The van der Waals surface area contributed by atoms with Crippen LogP contribution in [0.15, 0.2) is 24.3 Å². The van der Waals surface area contributed by atoms with Gasteiger partial charge in [0.1, 0.15) is 6.54 Å². The Hall–Kier alpha value is -2.76. The molecule has 3 aliphatic rings. The normalized spacial score (nSPS) is 20.6. The minimum Gasteiger partial charge on any atom is -0.324 e. The van der Waals surface area contributed by atoms with Crippen molar-refractivity contribution in [2.45, 2.75) is 64.2 Å². The van der Waals surface area contributed by atoms with Crippen molar-refractivity contribution in [3.8, 4) is 0 Å². The molecule has 2 aromatic rings. The summed E-state index contributed by atoms with van der Waals surface area (Å²) in [5, 5.41) is 3.95. The number of hydrogen-bond acceptors (Lipinski definition) is 4. The average molecular weight is 405 g/mol. The molecule has 1 saturated carbocycles. The van der Waals surface area contributed by atoms with Crippen LogP contribution in [0.3, 0.4) is 0 Å². The number of nitrogens with zero attached hydrogens (tertiary/aromatic N) is 2. The number of amides is 3. The second-order valence-corrected chi connectivity index (χ2v) is 9.12. The molecule has 0 bridgehead atoms. The molecule has 0 radical (unpaired) electrons. The van der Waals surface area contributed by atoms with E-state index in [0.717, 1.165) is 84.1 Å². The van der Waals surface area contributed by atoms with Crippen LogP contribution in [-0.2, 0) is 27.2 Å². The zero-order valence-electron chi connectivity index (χ0n) is 17.2. The van der Waals surface area contributed by atoms with Crippen molar-refractivity contribution >= 4 is 34.3 Å². The van der Waals surface area contributed by atoms with E-state index in [1.54, 1.807) is 0 Å².